The lowest BCUT2D eigenvalue weighted by molar-refractivity contribution is 1.28. The summed E-state index contributed by atoms with van der Waals surface area (Å²) in [5, 5.41) is 4.32. The lowest BCUT2D eigenvalue weighted by atomic mass is 10.0. The van der Waals surface area contributed by atoms with Gasteiger partial charge in [-0.1, -0.05) is 108 Å². The van der Waals surface area contributed by atoms with E-state index in [9.17, 15) is 0 Å². The summed E-state index contributed by atoms with van der Waals surface area (Å²) in [5.41, 5.74) is 25.6. The molecular formula is C46H38N4. The SMILES string of the molecule is Cc1ccc(N(c2ccc(-c3ccc(N(c4ccc(C)cc4)c4ccc(N)c5ccccc45)cc3)cc2)c2ccc(N)c3ccccc23)cc1. The molecule has 0 heterocycles. The maximum absolute atomic E-state index is 6.41. The minimum absolute atomic E-state index is 0.775. The van der Waals surface area contributed by atoms with Crippen molar-refractivity contribution in [1.82, 2.24) is 0 Å². The van der Waals surface area contributed by atoms with Crippen molar-refractivity contribution in [2.45, 2.75) is 13.8 Å². The van der Waals surface area contributed by atoms with Gasteiger partial charge in [-0.15, -0.1) is 0 Å². The zero-order valence-corrected chi connectivity index (χ0v) is 28.2. The third-order valence-electron chi connectivity index (χ3n) is 9.52. The molecule has 4 nitrogen and oxygen atoms in total. The summed E-state index contributed by atoms with van der Waals surface area (Å²) in [7, 11) is 0. The summed E-state index contributed by atoms with van der Waals surface area (Å²) in [4.78, 5) is 4.62. The predicted octanol–water partition coefficient (Wildman–Crippen LogP) is 12.4. The van der Waals surface area contributed by atoms with Crippen molar-refractivity contribution >= 4 is 67.0 Å². The van der Waals surface area contributed by atoms with Crippen LogP contribution in [-0.4, -0.2) is 0 Å². The second-order valence-electron chi connectivity index (χ2n) is 12.9. The fraction of sp³-hybridized carbons (Fsp3) is 0.0435. The van der Waals surface area contributed by atoms with Gasteiger partial charge in [0, 0.05) is 55.7 Å². The summed E-state index contributed by atoms with van der Waals surface area (Å²) in [6.45, 7) is 4.23. The molecular weight excluding hydrogens is 609 g/mol. The maximum atomic E-state index is 6.41. The first-order valence-electron chi connectivity index (χ1n) is 16.9. The van der Waals surface area contributed by atoms with E-state index in [4.69, 9.17) is 11.5 Å². The molecule has 0 bridgehead atoms. The molecule has 8 aromatic rings. The Balaban J connectivity index is 1.17. The summed E-state index contributed by atoms with van der Waals surface area (Å²) >= 11 is 0. The zero-order chi connectivity index (χ0) is 34.2. The van der Waals surface area contributed by atoms with E-state index in [0.717, 1.165) is 78.2 Å². The van der Waals surface area contributed by atoms with Crippen LogP contribution >= 0.6 is 0 Å². The highest BCUT2D eigenvalue weighted by Gasteiger charge is 2.18. The monoisotopic (exact) mass is 646 g/mol. The Labute approximate surface area is 293 Å². The molecule has 0 fully saturated rings. The Kier molecular flexibility index (Phi) is 7.90. The van der Waals surface area contributed by atoms with Crippen molar-refractivity contribution in [2.24, 2.45) is 0 Å². The molecule has 0 spiro atoms. The van der Waals surface area contributed by atoms with Crippen molar-refractivity contribution in [3.05, 3.63) is 181 Å². The topological polar surface area (TPSA) is 58.5 Å². The van der Waals surface area contributed by atoms with E-state index >= 15 is 0 Å². The van der Waals surface area contributed by atoms with E-state index in [1.807, 2.05) is 24.3 Å². The first-order chi connectivity index (χ1) is 24.4. The normalized spacial score (nSPS) is 11.2. The number of anilines is 8. The molecule has 0 atom stereocenters. The quantitative estimate of drug-likeness (QED) is 0.169. The van der Waals surface area contributed by atoms with E-state index < -0.39 is 0 Å². The van der Waals surface area contributed by atoms with Crippen molar-refractivity contribution in [2.75, 3.05) is 21.3 Å². The fourth-order valence-corrected chi connectivity index (χ4v) is 6.85. The van der Waals surface area contributed by atoms with Crippen LogP contribution in [0.2, 0.25) is 0 Å². The highest BCUT2D eigenvalue weighted by molar-refractivity contribution is 6.05. The van der Waals surface area contributed by atoms with Gasteiger partial charge in [0.2, 0.25) is 0 Å². The number of hydrogen-bond donors (Lipinski definition) is 2. The van der Waals surface area contributed by atoms with Gasteiger partial charge in [-0.2, -0.15) is 0 Å². The van der Waals surface area contributed by atoms with Crippen molar-refractivity contribution in [1.29, 1.82) is 0 Å². The zero-order valence-electron chi connectivity index (χ0n) is 28.2. The van der Waals surface area contributed by atoms with Crippen LogP contribution in [0.15, 0.2) is 170 Å². The van der Waals surface area contributed by atoms with Gasteiger partial charge >= 0.3 is 0 Å². The Morgan fingerprint density at radius 3 is 0.960 bits per heavy atom. The van der Waals surface area contributed by atoms with Gasteiger partial charge in [0.15, 0.2) is 0 Å². The highest BCUT2D eigenvalue weighted by Crippen LogP contribution is 2.43. The van der Waals surface area contributed by atoms with Crippen LogP contribution in [0.3, 0.4) is 0 Å². The second-order valence-corrected chi connectivity index (χ2v) is 12.9. The molecule has 0 unspecified atom stereocenters. The minimum Gasteiger partial charge on any atom is -0.398 e. The molecule has 0 amide bonds. The molecule has 0 aliphatic rings. The van der Waals surface area contributed by atoms with Crippen molar-refractivity contribution in [3.8, 4) is 11.1 Å². The van der Waals surface area contributed by atoms with Gasteiger partial charge in [-0.3, -0.25) is 0 Å². The molecule has 4 N–H and O–H groups in total. The van der Waals surface area contributed by atoms with Gasteiger partial charge in [-0.25, -0.2) is 0 Å². The van der Waals surface area contributed by atoms with Crippen molar-refractivity contribution < 1.29 is 0 Å². The van der Waals surface area contributed by atoms with E-state index in [1.54, 1.807) is 0 Å². The van der Waals surface area contributed by atoms with E-state index in [1.165, 1.54) is 11.1 Å². The molecule has 0 aliphatic carbocycles. The summed E-state index contributed by atoms with van der Waals surface area (Å²) < 4.78 is 0. The van der Waals surface area contributed by atoms with Gasteiger partial charge in [0.25, 0.3) is 0 Å². The van der Waals surface area contributed by atoms with Crippen LogP contribution in [0, 0.1) is 13.8 Å². The Bertz CT molecular complexity index is 2270. The summed E-state index contributed by atoms with van der Waals surface area (Å²) in [6, 6.07) is 59.9. The Morgan fingerprint density at radius 2 is 0.620 bits per heavy atom. The molecule has 4 heteroatoms. The predicted molar refractivity (Wildman–Crippen MR) is 215 cm³/mol. The van der Waals surface area contributed by atoms with E-state index in [2.05, 4.69) is 169 Å². The van der Waals surface area contributed by atoms with Crippen LogP contribution in [0.5, 0.6) is 0 Å². The number of fused-ring (bicyclic) bond motifs is 2. The first-order valence-corrected chi connectivity index (χ1v) is 16.9. The number of hydrogen-bond acceptors (Lipinski definition) is 4. The third kappa shape index (κ3) is 5.67. The number of aryl methyl sites for hydroxylation is 2. The molecule has 0 aliphatic heterocycles. The van der Waals surface area contributed by atoms with Crippen LogP contribution < -0.4 is 21.3 Å². The Morgan fingerprint density at radius 1 is 0.320 bits per heavy atom. The molecule has 242 valence electrons. The van der Waals surface area contributed by atoms with Crippen molar-refractivity contribution in [3.63, 3.8) is 0 Å². The molecule has 0 saturated heterocycles. The molecule has 8 aromatic carbocycles. The number of nitrogens with two attached hydrogens (primary N) is 2. The van der Waals surface area contributed by atoms with Gasteiger partial charge in [-0.05, 0) is 97.8 Å². The Hall–Kier alpha value is -6.52. The molecule has 0 radical (unpaired) electrons. The summed E-state index contributed by atoms with van der Waals surface area (Å²) in [5.74, 6) is 0. The van der Waals surface area contributed by atoms with Gasteiger partial charge in [0.1, 0.15) is 0 Å². The fourth-order valence-electron chi connectivity index (χ4n) is 6.85. The van der Waals surface area contributed by atoms with Crippen LogP contribution in [0.4, 0.5) is 45.5 Å². The van der Waals surface area contributed by atoms with E-state index in [-0.39, 0.29) is 0 Å². The second kappa shape index (κ2) is 12.8. The van der Waals surface area contributed by atoms with Crippen LogP contribution in [0.25, 0.3) is 32.7 Å². The van der Waals surface area contributed by atoms with Crippen LogP contribution in [0.1, 0.15) is 11.1 Å². The lowest BCUT2D eigenvalue weighted by Gasteiger charge is -2.28. The number of benzene rings is 8. The molecule has 0 saturated carbocycles. The summed E-state index contributed by atoms with van der Waals surface area (Å²) in [6.07, 6.45) is 0. The average Bonchev–Trinajstić information content (AvgIpc) is 3.16. The number of nitrogen functional groups attached to an aromatic ring is 2. The molecule has 8 rings (SSSR count). The van der Waals surface area contributed by atoms with Gasteiger partial charge < -0.3 is 21.3 Å². The van der Waals surface area contributed by atoms with Gasteiger partial charge in [0.05, 0.1) is 11.4 Å². The molecule has 0 aromatic heterocycles. The minimum atomic E-state index is 0.775. The first kappa shape index (κ1) is 30.8. The number of rotatable bonds is 7. The lowest BCUT2D eigenvalue weighted by Crippen LogP contribution is -2.11. The smallest absolute Gasteiger partial charge is 0.0541 e. The maximum Gasteiger partial charge on any atom is 0.0541 e. The largest absolute Gasteiger partial charge is 0.398 e. The highest BCUT2D eigenvalue weighted by atomic mass is 15.1. The standard InChI is InChI=1S/C46H38N4/c1-31-11-19-35(20-12-31)49(45-29-27-43(47)39-7-3-5-9-41(39)45)37-23-15-33(16-24-37)34-17-25-38(26-18-34)50(36-21-13-32(2)14-22-36)46-30-28-44(48)40-8-4-6-10-42(40)46/h3-30H,47-48H2,1-2H3. The average molecular weight is 647 g/mol. The molecule has 50 heavy (non-hydrogen) atoms. The van der Waals surface area contributed by atoms with Crippen LogP contribution in [-0.2, 0) is 0 Å². The third-order valence-corrected chi connectivity index (χ3v) is 9.52. The number of nitrogens with zero attached hydrogens (tertiary/aromatic N) is 2. The van der Waals surface area contributed by atoms with E-state index in [0.29, 0.717) is 0 Å².